The molecule has 3 nitrogen and oxygen atoms in total. The van der Waals surface area contributed by atoms with E-state index in [0.29, 0.717) is 12.5 Å². The summed E-state index contributed by atoms with van der Waals surface area (Å²) in [6.45, 7) is 3.35. The van der Waals surface area contributed by atoms with Crippen LogP contribution in [0, 0.1) is 18.3 Å². The standard InChI is InChI=1S/C23H25NO2/c1-3-13-25-18-10-8-17(9-11-18)22-19-6-5-14-26-23(19)20-15-16(4-2)7-12-21(20)24-22/h1,7-12,15,19,22-24H,4-6,13-14H2,2H3/t19-,22+,23-/m0/s1. The predicted octanol–water partition coefficient (Wildman–Crippen LogP) is 4.90. The van der Waals surface area contributed by atoms with Crippen molar-refractivity contribution in [1.29, 1.82) is 0 Å². The van der Waals surface area contributed by atoms with E-state index in [1.165, 1.54) is 28.8 Å². The molecule has 0 unspecified atom stereocenters. The highest BCUT2D eigenvalue weighted by atomic mass is 16.5. The second kappa shape index (κ2) is 7.43. The summed E-state index contributed by atoms with van der Waals surface area (Å²) in [6, 6.07) is 15.3. The second-order valence-electron chi connectivity index (χ2n) is 7.06. The zero-order valence-electron chi connectivity index (χ0n) is 15.2. The Kier molecular flexibility index (Phi) is 4.86. The number of terminal acetylenes is 1. The summed E-state index contributed by atoms with van der Waals surface area (Å²) in [7, 11) is 0. The summed E-state index contributed by atoms with van der Waals surface area (Å²) >= 11 is 0. The maximum atomic E-state index is 6.25. The van der Waals surface area contributed by atoms with E-state index in [0.717, 1.165) is 25.2 Å². The van der Waals surface area contributed by atoms with Gasteiger partial charge in [0.1, 0.15) is 12.4 Å². The molecule has 2 aliphatic rings. The summed E-state index contributed by atoms with van der Waals surface area (Å²) < 4.78 is 11.8. The van der Waals surface area contributed by atoms with E-state index in [1.807, 2.05) is 12.1 Å². The van der Waals surface area contributed by atoms with Crippen LogP contribution >= 0.6 is 0 Å². The predicted molar refractivity (Wildman–Crippen MR) is 104 cm³/mol. The lowest BCUT2D eigenvalue weighted by Crippen LogP contribution is -2.36. The van der Waals surface area contributed by atoms with Gasteiger partial charge in [0.2, 0.25) is 0 Å². The number of fused-ring (bicyclic) bond motifs is 3. The lowest BCUT2D eigenvalue weighted by Gasteiger charge is -2.43. The van der Waals surface area contributed by atoms with Crippen LogP contribution in [0.4, 0.5) is 5.69 Å². The number of ether oxygens (including phenoxy) is 2. The molecular weight excluding hydrogens is 322 g/mol. The first-order valence-electron chi connectivity index (χ1n) is 9.47. The van der Waals surface area contributed by atoms with Crippen LogP contribution < -0.4 is 10.1 Å². The Morgan fingerprint density at radius 1 is 1.23 bits per heavy atom. The highest BCUT2D eigenvalue weighted by Crippen LogP contribution is 2.49. The lowest BCUT2D eigenvalue weighted by atomic mass is 9.77. The number of hydrogen-bond acceptors (Lipinski definition) is 3. The Morgan fingerprint density at radius 2 is 2.08 bits per heavy atom. The number of nitrogens with one attached hydrogen (secondary N) is 1. The minimum atomic E-state index is 0.175. The third kappa shape index (κ3) is 3.18. The number of hydrogen-bond donors (Lipinski definition) is 1. The van der Waals surface area contributed by atoms with Crippen LogP contribution in [0.1, 0.15) is 48.6 Å². The van der Waals surface area contributed by atoms with Gasteiger partial charge in [0.15, 0.2) is 0 Å². The third-order valence-corrected chi connectivity index (χ3v) is 5.50. The summed E-state index contributed by atoms with van der Waals surface area (Å²) in [5, 5.41) is 3.77. The van der Waals surface area contributed by atoms with Gasteiger partial charge in [-0.15, -0.1) is 6.42 Å². The van der Waals surface area contributed by atoms with Crippen molar-refractivity contribution >= 4 is 5.69 Å². The number of benzene rings is 2. The largest absolute Gasteiger partial charge is 0.481 e. The maximum Gasteiger partial charge on any atom is 0.148 e. The monoisotopic (exact) mass is 347 g/mol. The van der Waals surface area contributed by atoms with Crippen molar-refractivity contribution in [3.05, 3.63) is 59.2 Å². The molecule has 2 aromatic carbocycles. The first-order chi connectivity index (χ1) is 12.8. The van der Waals surface area contributed by atoms with Gasteiger partial charge in [-0.25, -0.2) is 0 Å². The van der Waals surface area contributed by atoms with E-state index in [-0.39, 0.29) is 12.1 Å². The molecule has 1 saturated heterocycles. The minimum absolute atomic E-state index is 0.175. The molecular formula is C23H25NO2. The van der Waals surface area contributed by atoms with Crippen LogP contribution in [-0.2, 0) is 11.2 Å². The van der Waals surface area contributed by atoms with Gasteiger partial charge in [-0.3, -0.25) is 0 Å². The number of anilines is 1. The number of aryl methyl sites for hydroxylation is 1. The molecule has 0 bridgehead atoms. The van der Waals surface area contributed by atoms with Crippen LogP contribution in [0.5, 0.6) is 5.75 Å². The Hall–Kier alpha value is -2.44. The van der Waals surface area contributed by atoms with Gasteiger partial charge < -0.3 is 14.8 Å². The Morgan fingerprint density at radius 3 is 2.85 bits per heavy atom. The second-order valence-corrected chi connectivity index (χ2v) is 7.06. The molecule has 3 atom stereocenters. The van der Waals surface area contributed by atoms with E-state index in [4.69, 9.17) is 15.9 Å². The maximum absolute atomic E-state index is 6.25. The first-order valence-corrected chi connectivity index (χ1v) is 9.47. The van der Waals surface area contributed by atoms with E-state index >= 15 is 0 Å². The molecule has 0 spiro atoms. The first kappa shape index (κ1) is 17.0. The summed E-state index contributed by atoms with van der Waals surface area (Å²) in [6.07, 6.45) is 8.78. The molecule has 0 saturated carbocycles. The molecule has 26 heavy (non-hydrogen) atoms. The Balaban J connectivity index is 1.65. The Labute approximate surface area is 155 Å². The van der Waals surface area contributed by atoms with Crippen molar-refractivity contribution < 1.29 is 9.47 Å². The van der Waals surface area contributed by atoms with E-state index in [1.54, 1.807) is 0 Å². The van der Waals surface area contributed by atoms with Gasteiger partial charge >= 0.3 is 0 Å². The van der Waals surface area contributed by atoms with Crippen LogP contribution in [-0.4, -0.2) is 13.2 Å². The highest BCUT2D eigenvalue weighted by molar-refractivity contribution is 5.58. The van der Waals surface area contributed by atoms with E-state index < -0.39 is 0 Å². The topological polar surface area (TPSA) is 30.5 Å². The van der Waals surface area contributed by atoms with Crippen molar-refractivity contribution in [2.75, 3.05) is 18.5 Å². The van der Waals surface area contributed by atoms with E-state index in [9.17, 15) is 0 Å². The molecule has 2 aliphatic heterocycles. The molecule has 0 aromatic heterocycles. The molecule has 0 amide bonds. The Bertz CT molecular complexity index is 806. The van der Waals surface area contributed by atoms with Crippen LogP contribution in [0.2, 0.25) is 0 Å². The van der Waals surface area contributed by atoms with Gasteiger partial charge in [-0.1, -0.05) is 37.1 Å². The summed E-state index contributed by atoms with van der Waals surface area (Å²) in [4.78, 5) is 0. The van der Waals surface area contributed by atoms with Crippen molar-refractivity contribution in [3.63, 3.8) is 0 Å². The van der Waals surface area contributed by atoms with Crippen molar-refractivity contribution in [3.8, 4) is 18.1 Å². The molecule has 3 heteroatoms. The minimum Gasteiger partial charge on any atom is -0.481 e. The van der Waals surface area contributed by atoms with Gasteiger partial charge in [0.25, 0.3) is 0 Å². The fourth-order valence-corrected chi connectivity index (χ4v) is 4.17. The van der Waals surface area contributed by atoms with Gasteiger partial charge in [-0.2, -0.15) is 0 Å². The molecule has 2 aromatic rings. The lowest BCUT2D eigenvalue weighted by molar-refractivity contribution is -0.0381. The van der Waals surface area contributed by atoms with Crippen molar-refractivity contribution in [2.45, 2.75) is 38.3 Å². The van der Waals surface area contributed by atoms with Gasteiger partial charge in [0, 0.05) is 23.8 Å². The van der Waals surface area contributed by atoms with Crippen molar-refractivity contribution in [2.24, 2.45) is 5.92 Å². The average molecular weight is 347 g/mol. The number of rotatable bonds is 4. The van der Waals surface area contributed by atoms with E-state index in [2.05, 4.69) is 48.5 Å². The molecule has 0 aliphatic carbocycles. The van der Waals surface area contributed by atoms with Crippen LogP contribution in [0.3, 0.4) is 0 Å². The zero-order valence-corrected chi connectivity index (χ0v) is 15.2. The smallest absolute Gasteiger partial charge is 0.148 e. The third-order valence-electron chi connectivity index (χ3n) is 5.50. The molecule has 134 valence electrons. The SMILES string of the molecule is C#CCOc1ccc([C@H]2Nc3ccc(CC)cc3[C@H]3OCCC[C@@H]23)cc1. The van der Waals surface area contributed by atoms with Gasteiger partial charge in [0.05, 0.1) is 12.1 Å². The zero-order chi connectivity index (χ0) is 17.9. The van der Waals surface area contributed by atoms with Crippen LogP contribution in [0.25, 0.3) is 0 Å². The summed E-state index contributed by atoms with van der Waals surface area (Å²) in [5.41, 5.74) is 5.15. The fourth-order valence-electron chi connectivity index (χ4n) is 4.17. The average Bonchev–Trinajstić information content (AvgIpc) is 2.71. The molecule has 1 fully saturated rings. The fraction of sp³-hybridized carbons (Fsp3) is 0.391. The van der Waals surface area contributed by atoms with Crippen molar-refractivity contribution in [1.82, 2.24) is 0 Å². The molecule has 4 rings (SSSR count). The molecule has 2 heterocycles. The van der Waals surface area contributed by atoms with Gasteiger partial charge in [-0.05, 0) is 48.6 Å². The molecule has 0 radical (unpaired) electrons. The normalized spacial score (nSPS) is 23.9. The summed E-state index contributed by atoms with van der Waals surface area (Å²) in [5.74, 6) is 3.76. The molecule has 1 N–H and O–H groups in total. The van der Waals surface area contributed by atoms with Crippen LogP contribution in [0.15, 0.2) is 42.5 Å². The quantitative estimate of drug-likeness (QED) is 0.798. The highest BCUT2D eigenvalue weighted by Gasteiger charge is 2.39.